The summed E-state index contributed by atoms with van der Waals surface area (Å²) in [5.41, 5.74) is 1.96. The Morgan fingerprint density at radius 1 is 1.30 bits per heavy atom. The van der Waals surface area contributed by atoms with E-state index in [-0.39, 0.29) is 12.6 Å². The number of aliphatic hydroxyl groups excluding tert-OH is 1. The Hall–Kier alpha value is -1.99. The highest BCUT2D eigenvalue weighted by atomic mass is 16.2. The Morgan fingerprint density at radius 2 is 2.05 bits per heavy atom. The van der Waals surface area contributed by atoms with Crippen LogP contribution in [0, 0.1) is 11.8 Å². The Bertz CT molecular complexity index is 495. The highest BCUT2D eigenvalue weighted by Gasteiger charge is 2.18. The van der Waals surface area contributed by atoms with Crippen molar-refractivity contribution in [3.8, 4) is 11.8 Å². The van der Waals surface area contributed by atoms with Crippen molar-refractivity contribution in [1.29, 1.82) is 0 Å². The van der Waals surface area contributed by atoms with Gasteiger partial charge in [0.1, 0.15) is 0 Å². The molecule has 20 heavy (non-hydrogen) atoms. The maximum Gasteiger partial charge on any atom is 0.315 e. The topological polar surface area (TPSA) is 61.4 Å². The summed E-state index contributed by atoms with van der Waals surface area (Å²) in [4.78, 5) is 11.6. The van der Waals surface area contributed by atoms with Crippen molar-refractivity contribution in [1.82, 2.24) is 10.6 Å². The van der Waals surface area contributed by atoms with Crippen molar-refractivity contribution in [2.75, 3.05) is 6.61 Å². The zero-order valence-electron chi connectivity index (χ0n) is 11.5. The van der Waals surface area contributed by atoms with Crippen molar-refractivity contribution in [2.24, 2.45) is 0 Å². The van der Waals surface area contributed by atoms with Gasteiger partial charge in [0.25, 0.3) is 0 Å². The van der Waals surface area contributed by atoms with Crippen LogP contribution in [0.2, 0.25) is 0 Å². The van der Waals surface area contributed by atoms with E-state index in [1.165, 1.54) is 6.42 Å². The molecular formula is C16H20N2O2. The second-order valence-corrected chi connectivity index (χ2v) is 4.93. The number of hydrogen-bond donors (Lipinski definition) is 3. The molecule has 106 valence electrons. The molecule has 1 aliphatic carbocycles. The molecule has 1 aliphatic rings. The summed E-state index contributed by atoms with van der Waals surface area (Å²) in [6, 6.07) is 8.01. The Morgan fingerprint density at radius 3 is 2.65 bits per heavy atom. The quantitative estimate of drug-likeness (QED) is 0.732. The van der Waals surface area contributed by atoms with Gasteiger partial charge < -0.3 is 15.7 Å². The van der Waals surface area contributed by atoms with Gasteiger partial charge in [0.2, 0.25) is 0 Å². The van der Waals surface area contributed by atoms with E-state index >= 15 is 0 Å². The third-order valence-electron chi connectivity index (χ3n) is 3.32. The predicted molar refractivity (Wildman–Crippen MR) is 78.0 cm³/mol. The molecule has 1 saturated carbocycles. The lowest BCUT2D eigenvalue weighted by Crippen LogP contribution is -2.44. The van der Waals surface area contributed by atoms with Gasteiger partial charge in [0.15, 0.2) is 0 Å². The lowest BCUT2D eigenvalue weighted by Gasteiger charge is -2.26. The molecule has 1 aromatic carbocycles. The Labute approximate surface area is 119 Å². The maximum absolute atomic E-state index is 11.6. The fourth-order valence-corrected chi connectivity index (χ4v) is 1.90. The first-order valence-corrected chi connectivity index (χ1v) is 7.01. The fraction of sp³-hybridized carbons (Fsp3) is 0.438. The second-order valence-electron chi connectivity index (χ2n) is 4.93. The molecule has 2 rings (SSSR count). The summed E-state index contributed by atoms with van der Waals surface area (Å²) in [6.07, 6.45) is 3.89. The Kier molecular flexibility index (Phi) is 5.45. The molecule has 2 amide bonds. The number of nitrogens with one attached hydrogen (secondary N) is 2. The number of urea groups is 1. The van der Waals surface area contributed by atoms with Crippen LogP contribution >= 0.6 is 0 Å². The SMILES string of the molecule is O=C(NCc1ccc(C#CCCO)cc1)NC1CCC1. The standard InChI is InChI=1S/C16H20N2O2/c19-11-2-1-4-13-7-9-14(10-8-13)12-17-16(20)18-15-5-3-6-15/h7-10,15,19H,2-3,5-6,11-12H2,(H2,17,18,20). The van der Waals surface area contributed by atoms with Gasteiger partial charge >= 0.3 is 6.03 Å². The van der Waals surface area contributed by atoms with Crippen molar-refractivity contribution in [3.63, 3.8) is 0 Å². The van der Waals surface area contributed by atoms with Crippen molar-refractivity contribution in [2.45, 2.75) is 38.3 Å². The summed E-state index contributed by atoms with van der Waals surface area (Å²) in [5.74, 6) is 5.85. The molecule has 0 atom stereocenters. The number of rotatable bonds is 4. The maximum atomic E-state index is 11.6. The Balaban J connectivity index is 1.75. The number of carbonyl (C=O) groups is 1. The van der Waals surface area contributed by atoms with Crippen LogP contribution in [-0.4, -0.2) is 23.8 Å². The lowest BCUT2D eigenvalue weighted by molar-refractivity contribution is 0.228. The molecule has 0 bridgehead atoms. The molecular weight excluding hydrogens is 252 g/mol. The molecule has 0 aromatic heterocycles. The smallest absolute Gasteiger partial charge is 0.315 e. The minimum Gasteiger partial charge on any atom is -0.395 e. The van der Waals surface area contributed by atoms with Gasteiger partial charge in [-0.05, 0) is 37.0 Å². The van der Waals surface area contributed by atoms with E-state index in [0.29, 0.717) is 19.0 Å². The fourth-order valence-electron chi connectivity index (χ4n) is 1.90. The first kappa shape index (κ1) is 14.4. The van der Waals surface area contributed by atoms with E-state index in [4.69, 9.17) is 5.11 Å². The minimum absolute atomic E-state index is 0.0884. The molecule has 0 spiro atoms. The van der Waals surface area contributed by atoms with Crippen LogP contribution in [-0.2, 0) is 6.54 Å². The molecule has 0 unspecified atom stereocenters. The van der Waals surface area contributed by atoms with Crippen molar-refractivity contribution >= 4 is 6.03 Å². The normalized spacial score (nSPS) is 13.8. The average Bonchev–Trinajstić information content (AvgIpc) is 2.42. The van der Waals surface area contributed by atoms with Gasteiger partial charge in [-0.3, -0.25) is 0 Å². The molecule has 0 heterocycles. The van der Waals surface area contributed by atoms with Gasteiger partial charge in [-0.25, -0.2) is 4.79 Å². The highest BCUT2D eigenvalue weighted by molar-refractivity contribution is 5.74. The van der Waals surface area contributed by atoms with E-state index < -0.39 is 0 Å². The van der Waals surface area contributed by atoms with Gasteiger partial charge in [0, 0.05) is 24.6 Å². The van der Waals surface area contributed by atoms with Crippen molar-refractivity contribution in [3.05, 3.63) is 35.4 Å². The van der Waals surface area contributed by atoms with E-state index in [0.717, 1.165) is 24.0 Å². The second kappa shape index (κ2) is 7.56. The minimum atomic E-state index is -0.0958. The molecule has 0 radical (unpaired) electrons. The van der Waals surface area contributed by atoms with Gasteiger partial charge in [-0.15, -0.1) is 0 Å². The van der Waals surface area contributed by atoms with Crippen LogP contribution < -0.4 is 10.6 Å². The van der Waals surface area contributed by atoms with Crippen LogP contribution in [0.15, 0.2) is 24.3 Å². The van der Waals surface area contributed by atoms with Crippen LogP contribution in [0.5, 0.6) is 0 Å². The summed E-state index contributed by atoms with van der Waals surface area (Å²) in [7, 11) is 0. The van der Waals surface area contributed by atoms with Crippen LogP contribution in [0.1, 0.15) is 36.8 Å². The number of amides is 2. The molecule has 0 aliphatic heterocycles. The van der Waals surface area contributed by atoms with Crippen molar-refractivity contribution < 1.29 is 9.90 Å². The monoisotopic (exact) mass is 272 g/mol. The number of carbonyl (C=O) groups excluding carboxylic acids is 1. The van der Waals surface area contributed by atoms with Crippen LogP contribution in [0.4, 0.5) is 4.79 Å². The zero-order chi connectivity index (χ0) is 14.2. The molecule has 4 heteroatoms. The van der Waals surface area contributed by atoms with Gasteiger partial charge in [0.05, 0.1) is 6.61 Å². The third-order valence-corrected chi connectivity index (χ3v) is 3.32. The summed E-state index contributed by atoms with van der Waals surface area (Å²) < 4.78 is 0. The average molecular weight is 272 g/mol. The van der Waals surface area contributed by atoms with E-state index in [2.05, 4.69) is 22.5 Å². The van der Waals surface area contributed by atoms with E-state index in [1.54, 1.807) is 0 Å². The zero-order valence-corrected chi connectivity index (χ0v) is 11.5. The number of aliphatic hydroxyl groups is 1. The van der Waals surface area contributed by atoms with Gasteiger partial charge in [-0.1, -0.05) is 24.0 Å². The number of benzene rings is 1. The molecule has 1 fully saturated rings. The largest absolute Gasteiger partial charge is 0.395 e. The lowest BCUT2D eigenvalue weighted by atomic mass is 9.93. The number of hydrogen-bond acceptors (Lipinski definition) is 2. The summed E-state index contributed by atoms with van der Waals surface area (Å²) in [6.45, 7) is 0.605. The van der Waals surface area contributed by atoms with Crippen LogP contribution in [0.25, 0.3) is 0 Å². The molecule has 3 N–H and O–H groups in total. The van der Waals surface area contributed by atoms with E-state index in [9.17, 15) is 4.79 Å². The third kappa shape index (κ3) is 4.60. The molecule has 4 nitrogen and oxygen atoms in total. The summed E-state index contributed by atoms with van der Waals surface area (Å²) in [5, 5.41) is 14.4. The molecule has 1 aromatic rings. The predicted octanol–water partition coefficient (Wildman–Crippen LogP) is 1.77. The van der Waals surface area contributed by atoms with Gasteiger partial charge in [-0.2, -0.15) is 0 Å². The first-order chi connectivity index (χ1) is 9.78. The highest BCUT2D eigenvalue weighted by Crippen LogP contribution is 2.17. The van der Waals surface area contributed by atoms with E-state index in [1.807, 2.05) is 24.3 Å². The van der Waals surface area contributed by atoms with Crippen LogP contribution in [0.3, 0.4) is 0 Å². The summed E-state index contributed by atoms with van der Waals surface area (Å²) >= 11 is 0. The first-order valence-electron chi connectivity index (χ1n) is 7.01. The molecule has 0 saturated heterocycles.